The van der Waals surface area contributed by atoms with Gasteiger partial charge in [0.05, 0.1) is 0 Å². The minimum Gasteiger partial charge on any atom is -0.480 e. The van der Waals surface area contributed by atoms with Crippen molar-refractivity contribution in [3.63, 3.8) is 0 Å². The largest absolute Gasteiger partial charge is 0.480 e. The molecule has 0 aromatic carbocycles. The van der Waals surface area contributed by atoms with Crippen molar-refractivity contribution in [1.82, 2.24) is 19.7 Å². The van der Waals surface area contributed by atoms with E-state index in [2.05, 4.69) is 15.1 Å². The second kappa shape index (κ2) is 4.80. The lowest BCUT2D eigenvalue weighted by molar-refractivity contribution is -0.138. The average Bonchev–Trinajstić information content (AvgIpc) is 3.09. The van der Waals surface area contributed by atoms with Gasteiger partial charge in [-0.2, -0.15) is 15.1 Å². The molecule has 3 N–H and O–H groups in total. The summed E-state index contributed by atoms with van der Waals surface area (Å²) in [6.07, 6.45) is 4.80. The van der Waals surface area contributed by atoms with Crippen molar-refractivity contribution in [1.29, 1.82) is 0 Å². The smallest absolute Gasteiger partial charge is 0.326 e. The molecule has 1 saturated heterocycles. The van der Waals surface area contributed by atoms with Crippen molar-refractivity contribution in [3.8, 4) is 5.82 Å². The predicted octanol–water partition coefficient (Wildman–Crippen LogP) is 0.298. The van der Waals surface area contributed by atoms with Crippen LogP contribution in [0.15, 0.2) is 24.5 Å². The first-order valence-electron chi connectivity index (χ1n) is 6.29. The zero-order valence-corrected chi connectivity index (χ0v) is 10.7. The van der Waals surface area contributed by atoms with E-state index < -0.39 is 12.0 Å². The number of carboxylic acids is 1. The Labute approximate surface area is 114 Å². The maximum atomic E-state index is 11.2. The van der Waals surface area contributed by atoms with Gasteiger partial charge in [0.15, 0.2) is 5.82 Å². The molecule has 0 spiro atoms. The highest BCUT2D eigenvalue weighted by atomic mass is 16.4. The number of rotatable bonds is 3. The van der Waals surface area contributed by atoms with Crippen LogP contribution in [0.1, 0.15) is 12.8 Å². The number of nitrogen functional groups attached to an aromatic ring is 1. The molecule has 0 aliphatic carbocycles. The number of nitrogens with two attached hydrogens (primary N) is 1. The lowest BCUT2D eigenvalue weighted by Crippen LogP contribution is -2.36. The number of carbonyl (C=O) groups is 1. The number of nitrogens with zero attached hydrogens (tertiary/aromatic N) is 5. The van der Waals surface area contributed by atoms with Crippen molar-refractivity contribution < 1.29 is 9.90 Å². The fourth-order valence-electron chi connectivity index (χ4n) is 2.41. The molecule has 0 radical (unpaired) electrons. The highest BCUT2D eigenvalue weighted by Crippen LogP contribution is 2.25. The van der Waals surface area contributed by atoms with E-state index in [1.165, 1.54) is 0 Å². The molecular formula is C12H14N6O2. The maximum Gasteiger partial charge on any atom is 0.326 e. The quantitative estimate of drug-likeness (QED) is 0.828. The normalized spacial score (nSPS) is 18.4. The Morgan fingerprint density at radius 2 is 2.20 bits per heavy atom. The Kier molecular flexibility index (Phi) is 2.97. The fourth-order valence-corrected chi connectivity index (χ4v) is 2.41. The summed E-state index contributed by atoms with van der Waals surface area (Å²) in [5.41, 5.74) is 5.72. The SMILES string of the molecule is Nc1nc(N2CCC[C@H]2C(=O)O)cc(-n2cccn2)n1. The standard InChI is InChI=1S/C12H14N6O2/c13-12-15-9(17-5-1-3-8(17)11(19)20)7-10(16-12)18-6-2-4-14-18/h2,4,6-8H,1,3,5H2,(H,19,20)(H2,13,15,16)/t8-/m0/s1. The van der Waals surface area contributed by atoms with E-state index in [4.69, 9.17) is 5.73 Å². The van der Waals surface area contributed by atoms with Crippen molar-refractivity contribution in [3.05, 3.63) is 24.5 Å². The van der Waals surface area contributed by atoms with Gasteiger partial charge in [0.25, 0.3) is 0 Å². The van der Waals surface area contributed by atoms with Crippen LogP contribution >= 0.6 is 0 Å². The van der Waals surface area contributed by atoms with Crippen LogP contribution in [0.3, 0.4) is 0 Å². The van der Waals surface area contributed by atoms with Gasteiger partial charge in [0, 0.05) is 25.0 Å². The molecule has 104 valence electrons. The molecule has 0 amide bonds. The topological polar surface area (TPSA) is 110 Å². The molecule has 0 unspecified atom stereocenters. The van der Waals surface area contributed by atoms with Crippen LogP contribution in [0.5, 0.6) is 0 Å². The van der Waals surface area contributed by atoms with E-state index in [-0.39, 0.29) is 5.95 Å². The molecule has 3 heterocycles. The third kappa shape index (κ3) is 2.15. The molecule has 1 aliphatic heterocycles. The Balaban J connectivity index is 2.00. The summed E-state index contributed by atoms with van der Waals surface area (Å²) in [6, 6.07) is 2.91. The van der Waals surface area contributed by atoms with Gasteiger partial charge >= 0.3 is 5.97 Å². The van der Waals surface area contributed by atoms with Gasteiger partial charge in [-0.15, -0.1) is 0 Å². The Morgan fingerprint density at radius 3 is 2.90 bits per heavy atom. The summed E-state index contributed by atoms with van der Waals surface area (Å²) >= 11 is 0. The van der Waals surface area contributed by atoms with E-state index in [9.17, 15) is 9.90 Å². The highest BCUT2D eigenvalue weighted by molar-refractivity contribution is 5.78. The maximum absolute atomic E-state index is 11.2. The number of hydrogen-bond donors (Lipinski definition) is 2. The fraction of sp³-hybridized carbons (Fsp3) is 0.333. The van der Waals surface area contributed by atoms with Crippen LogP contribution in [0.25, 0.3) is 5.82 Å². The third-order valence-electron chi connectivity index (χ3n) is 3.29. The van der Waals surface area contributed by atoms with Crippen LogP contribution in [0.4, 0.5) is 11.8 Å². The Bertz CT molecular complexity index is 627. The first-order chi connectivity index (χ1) is 9.65. The van der Waals surface area contributed by atoms with Gasteiger partial charge in [-0.05, 0) is 18.9 Å². The lowest BCUT2D eigenvalue weighted by Gasteiger charge is -2.22. The van der Waals surface area contributed by atoms with Gasteiger partial charge in [-0.1, -0.05) is 0 Å². The molecule has 3 rings (SSSR count). The van der Waals surface area contributed by atoms with Crippen LogP contribution < -0.4 is 10.6 Å². The number of anilines is 2. The molecule has 0 bridgehead atoms. The van der Waals surface area contributed by atoms with E-state index in [0.717, 1.165) is 6.42 Å². The summed E-state index contributed by atoms with van der Waals surface area (Å²) in [7, 11) is 0. The van der Waals surface area contributed by atoms with Gasteiger partial charge < -0.3 is 15.7 Å². The summed E-state index contributed by atoms with van der Waals surface area (Å²) in [6.45, 7) is 0.645. The number of hydrogen-bond acceptors (Lipinski definition) is 6. The van der Waals surface area contributed by atoms with E-state index in [1.54, 1.807) is 34.1 Å². The second-order valence-electron chi connectivity index (χ2n) is 4.58. The predicted molar refractivity (Wildman–Crippen MR) is 71.6 cm³/mol. The molecule has 0 saturated carbocycles. The van der Waals surface area contributed by atoms with Crippen LogP contribution in [-0.4, -0.2) is 43.4 Å². The molecule has 20 heavy (non-hydrogen) atoms. The van der Waals surface area contributed by atoms with Crippen molar-refractivity contribution in [2.24, 2.45) is 0 Å². The number of carboxylic acid groups (broad SMARTS) is 1. The molecule has 2 aromatic heterocycles. The van der Waals surface area contributed by atoms with Gasteiger partial charge in [-0.3, -0.25) is 0 Å². The lowest BCUT2D eigenvalue weighted by atomic mass is 10.2. The average molecular weight is 274 g/mol. The zero-order valence-electron chi connectivity index (χ0n) is 10.7. The van der Waals surface area contributed by atoms with Crippen LogP contribution in [0.2, 0.25) is 0 Å². The minimum absolute atomic E-state index is 0.101. The molecule has 8 nitrogen and oxygen atoms in total. The monoisotopic (exact) mass is 274 g/mol. The van der Waals surface area contributed by atoms with Crippen molar-refractivity contribution >= 4 is 17.7 Å². The third-order valence-corrected chi connectivity index (χ3v) is 3.29. The van der Waals surface area contributed by atoms with E-state index >= 15 is 0 Å². The molecule has 2 aromatic rings. The molecular weight excluding hydrogens is 260 g/mol. The molecule has 1 aliphatic rings. The van der Waals surface area contributed by atoms with Crippen molar-refractivity contribution in [2.75, 3.05) is 17.2 Å². The van der Waals surface area contributed by atoms with Crippen LogP contribution in [0, 0.1) is 0 Å². The second-order valence-corrected chi connectivity index (χ2v) is 4.58. The Hall–Kier alpha value is -2.64. The minimum atomic E-state index is -0.847. The van der Waals surface area contributed by atoms with Gasteiger partial charge in [0.1, 0.15) is 11.9 Å². The summed E-state index contributed by atoms with van der Waals surface area (Å²) in [5, 5.41) is 13.3. The Morgan fingerprint density at radius 1 is 1.40 bits per heavy atom. The molecule has 1 fully saturated rings. The van der Waals surface area contributed by atoms with Gasteiger partial charge in [0.2, 0.25) is 5.95 Å². The van der Waals surface area contributed by atoms with E-state index in [1.807, 2.05) is 0 Å². The van der Waals surface area contributed by atoms with Crippen molar-refractivity contribution in [2.45, 2.75) is 18.9 Å². The van der Waals surface area contributed by atoms with Crippen LogP contribution in [-0.2, 0) is 4.79 Å². The first kappa shape index (κ1) is 12.4. The summed E-state index contributed by atoms with van der Waals surface area (Å²) < 4.78 is 1.56. The summed E-state index contributed by atoms with van der Waals surface area (Å²) in [5.74, 6) is 0.297. The van der Waals surface area contributed by atoms with E-state index in [0.29, 0.717) is 24.6 Å². The highest BCUT2D eigenvalue weighted by Gasteiger charge is 2.31. The summed E-state index contributed by atoms with van der Waals surface area (Å²) in [4.78, 5) is 21.3. The molecule has 8 heteroatoms. The zero-order chi connectivity index (χ0) is 14.1. The number of aliphatic carboxylic acids is 1. The first-order valence-corrected chi connectivity index (χ1v) is 6.29. The number of aromatic nitrogens is 4. The molecule has 1 atom stereocenters. The van der Waals surface area contributed by atoms with Gasteiger partial charge in [-0.25, -0.2) is 9.48 Å².